The lowest BCUT2D eigenvalue weighted by molar-refractivity contribution is -0.119. The van der Waals surface area contributed by atoms with E-state index in [-0.39, 0.29) is 17.7 Å². The molecule has 1 saturated heterocycles. The molecule has 3 N–H and O–H groups in total. The van der Waals surface area contributed by atoms with Crippen molar-refractivity contribution in [2.45, 2.75) is 51.7 Å². The number of piperidine rings is 1. The fourth-order valence-electron chi connectivity index (χ4n) is 5.86. The third kappa shape index (κ3) is 6.92. The van der Waals surface area contributed by atoms with Gasteiger partial charge >= 0.3 is 0 Å². The predicted molar refractivity (Wildman–Crippen MR) is 161 cm³/mol. The van der Waals surface area contributed by atoms with Gasteiger partial charge in [0.05, 0.1) is 5.60 Å². The third-order valence-electron chi connectivity index (χ3n) is 7.86. The summed E-state index contributed by atoms with van der Waals surface area (Å²) in [4.78, 5) is 27.0. The zero-order chi connectivity index (χ0) is 28.7. The smallest absolute Gasteiger partial charge is 0.253 e. The standard InChI is InChI=1S/C33H40ClN3O3/c1-23-8-4-9-27(20-23)31-29(11-5-12-30(31)34)33(40,17-7-18-36-24(2)38)28-10-6-19-37(22-28)32(39)26-15-13-25(14-16-26)21-35-3/h4-5,8-9,11-16,20,28,35,40H,6-7,10,17-19,21-22H2,1-3H3,(H,36,38)/t28-,33?/m1/s1. The molecule has 3 aromatic rings. The summed E-state index contributed by atoms with van der Waals surface area (Å²) in [6.45, 7) is 5.83. The van der Waals surface area contributed by atoms with Crippen LogP contribution in [0, 0.1) is 12.8 Å². The molecule has 2 amide bonds. The molecule has 0 bridgehead atoms. The molecule has 7 heteroatoms. The van der Waals surface area contributed by atoms with Crippen molar-refractivity contribution in [1.82, 2.24) is 15.5 Å². The number of hydrogen-bond acceptors (Lipinski definition) is 4. The molecule has 0 aliphatic carbocycles. The third-order valence-corrected chi connectivity index (χ3v) is 8.18. The number of rotatable bonds is 10. The van der Waals surface area contributed by atoms with Crippen molar-refractivity contribution in [3.05, 3.63) is 94.0 Å². The molecule has 1 unspecified atom stereocenters. The van der Waals surface area contributed by atoms with E-state index >= 15 is 0 Å². The number of nitrogens with zero attached hydrogens (tertiary/aromatic N) is 1. The molecule has 4 rings (SSSR count). The Morgan fingerprint density at radius 1 is 1.10 bits per heavy atom. The number of halogens is 1. The van der Waals surface area contributed by atoms with Crippen molar-refractivity contribution in [2.24, 2.45) is 5.92 Å². The average Bonchev–Trinajstić information content (AvgIpc) is 2.95. The van der Waals surface area contributed by atoms with Gasteiger partial charge in [0.2, 0.25) is 5.91 Å². The maximum atomic E-state index is 13.6. The van der Waals surface area contributed by atoms with E-state index < -0.39 is 5.60 Å². The highest BCUT2D eigenvalue weighted by Gasteiger charge is 2.43. The number of benzene rings is 3. The van der Waals surface area contributed by atoms with Crippen LogP contribution in [0.4, 0.5) is 0 Å². The van der Waals surface area contributed by atoms with Gasteiger partial charge in [-0.25, -0.2) is 0 Å². The second-order valence-electron chi connectivity index (χ2n) is 10.9. The summed E-state index contributed by atoms with van der Waals surface area (Å²) in [5, 5.41) is 19.2. The molecule has 1 fully saturated rings. The summed E-state index contributed by atoms with van der Waals surface area (Å²) in [7, 11) is 1.90. The second-order valence-corrected chi connectivity index (χ2v) is 11.3. The summed E-state index contributed by atoms with van der Waals surface area (Å²) in [5.41, 5.74) is 4.16. The lowest BCUT2D eigenvalue weighted by Crippen LogP contribution is -2.48. The predicted octanol–water partition coefficient (Wildman–Crippen LogP) is 5.69. The van der Waals surface area contributed by atoms with Gasteiger partial charge in [0.15, 0.2) is 0 Å². The Morgan fingerprint density at radius 3 is 2.55 bits per heavy atom. The first kappa shape index (κ1) is 29.8. The maximum absolute atomic E-state index is 13.6. The molecule has 1 heterocycles. The van der Waals surface area contributed by atoms with E-state index in [4.69, 9.17) is 11.6 Å². The molecule has 0 spiro atoms. The van der Waals surface area contributed by atoms with Crippen LogP contribution in [0.3, 0.4) is 0 Å². The van der Waals surface area contributed by atoms with Crippen LogP contribution in [0.5, 0.6) is 0 Å². The number of aliphatic hydroxyl groups is 1. The molecule has 0 saturated carbocycles. The van der Waals surface area contributed by atoms with E-state index in [9.17, 15) is 14.7 Å². The number of carbonyl (C=O) groups excluding carboxylic acids is 2. The molecule has 40 heavy (non-hydrogen) atoms. The number of amides is 2. The van der Waals surface area contributed by atoms with E-state index in [2.05, 4.69) is 16.7 Å². The first-order valence-electron chi connectivity index (χ1n) is 14.1. The van der Waals surface area contributed by atoms with E-state index in [1.807, 2.05) is 79.5 Å². The molecule has 0 radical (unpaired) electrons. The monoisotopic (exact) mass is 561 g/mol. The van der Waals surface area contributed by atoms with E-state index in [1.54, 1.807) is 0 Å². The second kappa shape index (κ2) is 13.4. The minimum absolute atomic E-state index is 0.0219. The normalized spacial score (nSPS) is 16.8. The molecule has 2 atom stereocenters. The fourth-order valence-corrected chi connectivity index (χ4v) is 6.15. The van der Waals surface area contributed by atoms with Gasteiger partial charge in [-0.15, -0.1) is 0 Å². The van der Waals surface area contributed by atoms with Crippen LogP contribution in [0.1, 0.15) is 59.7 Å². The first-order valence-corrected chi connectivity index (χ1v) is 14.5. The summed E-state index contributed by atoms with van der Waals surface area (Å²) >= 11 is 6.82. The Bertz CT molecular complexity index is 1330. The molecular weight excluding hydrogens is 522 g/mol. The number of hydrogen-bond donors (Lipinski definition) is 3. The van der Waals surface area contributed by atoms with Gasteiger partial charge < -0.3 is 20.6 Å². The zero-order valence-electron chi connectivity index (χ0n) is 23.7. The summed E-state index contributed by atoms with van der Waals surface area (Å²) in [6.07, 6.45) is 2.59. The van der Waals surface area contributed by atoms with E-state index in [0.717, 1.165) is 47.2 Å². The molecule has 0 aromatic heterocycles. The quantitative estimate of drug-likeness (QED) is 0.278. The minimum Gasteiger partial charge on any atom is -0.385 e. The number of carbonyl (C=O) groups is 2. The van der Waals surface area contributed by atoms with Crippen LogP contribution in [0.25, 0.3) is 11.1 Å². The highest BCUT2D eigenvalue weighted by molar-refractivity contribution is 6.33. The van der Waals surface area contributed by atoms with E-state index in [0.29, 0.717) is 43.1 Å². The SMILES string of the molecule is CNCc1ccc(C(=O)N2CCC[C@@H](C(O)(CCCNC(C)=O)c3cccc(Cl)c3-c3cccc(C)c3)C2)cc1. The van der Waals surface area contributed by atoms with Gasteiger partial charge in [-0.3, -0.25) is 9.59 Å². The molecular formula is C33H40ClN3O3. The van der Waals surface area contributed by atoms with Crippen molar-refractivity contribution in [2.75, 3.05) is 26.7 Å². The van der Waals surface area contributed by atoms with Crippen LogP contribution in [-0.4, -0.2) is 48.5 Å². The van der Waals surface area contributed by atoms with Crippen molar-refractivity contribution >= 4 is 23.4 Å². The van der Waals surface area contributed by atoms with Gasteiger partial charge in [0.25, 0.3) is 5.91 Å². The minimum atomic E-state index is -1.25. The summed E-state index contributed by atoms with van der Waals surface area (Å²) < 4.78 is 0. The van der Waals surface area contributed by atoms with Crippen LogP contribution in [0.2, 0.25) is 5.02 Å². The number of aryl methyl sites for hydroxylation is 1. The van der Waals surface area contributed by atoms with Crippen LogP contribution >= 0.6 is 11.6 Å². The van der Waals surface area contributed by atoms with Crippen LogP contribution in [0.15, 0.2) is 66.7 Å². The Morgan fingerprint density at radius 2 is 1.85 bits per heavy atom. The molecule has 1 aliphatic heterocycles. The fraction of sp³-hybridized carbons (Fsp3) is 0.394. The number of likely N-dealkylation sites (tertiary alicyclic amines) is 1. The van der Waals surface area contributed by atoms with Gasteiger partial charge in [0.1, 0.15) is 0 Å². The molecule has 6 nitrogen and oxygen atoms in total. The maximum Gasteiger partial charge on any atom is 0.253 e. The largest absolute Gasteiger partial charge is 0.385 e. The Kier molecular flexibility index (Phi) is 10.0. The number of nitrogens with one attached hydrogen (secondary N) is 2. The Hall–Kier alpha value is -3.19. The summed E-state index contributed by atoms with van der Waals surface area (Å²) in [5.74, 6) is -0.318. The van der Waals surface area contributed by atoms with Crippen LogP contribution in [-0.2, 0) is 16.9 Å². The molecule has 1 aliphatic rings. The first-order chi connectivity index (χ1) is 19.2. The van der Waals surface area contributed by atoms with Crippen molar-refractivity contribution in [1.29, 1.82) is 0 Å². The lowest BCUT2D eigenvalue weighted by atomic mass is 9.72. The molecule has 3 aromatic carbocycles. The highest BCUT2D eigenvalue weighted by Crippen LogP contribution is 2.45. The Balaban J connectivity index is 1.68. The van der Waals surface area contributed by atoms with Gasteiger partial charge in [0, 0.05) is 55.2 Å². The van der Waals surface area contributed by atoms with Crippen molar-refractivity contribution in [3.63, 3.8) is 0 Å². The van der Waals surface area contributed by atoms with Crippen LogP contribution < -0.4 is 10.6 Å². The zero-order valence-corrected chi connectivity index (χ0v) is 24.4. The lowest BCUT2D eigenvalue weighted by Gasteiger charge is -2.44. The Labute approximate surface area is 242 Å². The van der Waals surface area contributed by atoms with Gasteiger partial charge in [-0.05, 0) is 74.5 Å². The van der Waals surface area contributed by atoms with Gasteiger partial charge in [-0.1, -0.05) is 65.7 Å². The van der Waals surface area contributed by atoms with Gasteiger partial charge in [-0.2, -0.15) is 0 Å². The average molecular weight is 562 g/mol. The van der Waals surface area contributed by atoms with Crippen molar-refractivity contribution < 1.29 is 14.7 Å². The topological polar surface area (TPSA) is 81.7 Å². The summed E-state index contributed by atoms with van der Waals surface area (Å²) in [6, 6.07) is 21.5. The van der Waals surface area contributed by atoms with Crippen molar-refractivity contribution in [3.8, 4) is 11.1 Å². The molecule has 212 valence electrons. The highest BCUT2D eigenvalue weighted by atomic mass is 35.5. The van der Waals surface area contributed by atoms with E-state index in [1.165, 1.54) is 6.92 Å².